The largest absolute Gasteiger partial charge is 0.394 e. The van der Waals surface area contributed by atoms with Gasteiger partial charge in [0.25, 0.3) is 0 Å². The number of likely N-dealkylation sites (tertiary alicyclic amines) is 1. The number of carbonyl (C=O) groups excluding carboxylic acids is 2. The number of nitrogens with one attached hydrogen (secondary N) is 1. The summed E-state index contributed by atoms with van der Waals surface area (Å²) in [5, 5.41) is 12.0. The molecule has 0 bridgehead atoms. The van der Waals surface area contributed by atoms with Crippen molar-refractivity contribution < 1.29 is 19.4 Å². The van der Waals surface area contributed by atoms with Crippen molar-refractivity contribution in [2.45, 2.75) is 26.3 Å². The summed E-state index contributed by atoms with van der Waals surface area (Å²) in [5.74, 6) is -0.323. The van der Waals surface area contributed by atoms with Gasteiger partial charge in [-0.15, -0.1) is 0 Å². The molecule has 19 heavy (non-hydrogen) atoms. The van der Waals surface area contributed by atoms with Crippen LogP contribution in [0.4, 0.5) is 0 Å². The van der Waals surface area contributed by atoms with E-state index in [0.717, 1.165) is 0 Å². The fourth-order valence-corrected chi connectivity index (χ4v) is 2.09. The molecule has 0 aromatic heterocycles. The summed E-state index contributed by atoms with van der Waals surface area (Å²) in [6, 6.07) is -0.254. The van der Waals surface area contributed by atoms with E-state index in [9.17, 15) is 14.7 Å². The molecule has 0 spiro atoms. The molecule has 2 atom stereocenters. The number of aliphatic hydroxyl groups excluding tert-OH is 1. The molecule has 2 N–H and O–H groups in total. The third kappa shape index (κ3) is 4.47. The van der Waals surface area contributed by atoms with Crippen LogP contribution in [0.1, 0.15) is 20.3 Å². The van der Waals surface area contributed by atoms with Gasteiger partial charge >= 0.3 is 0 Å². The van der Waals surface area contributed by atoms with E-state index in [-0.39, 0.29) is 42.7 Å². The second kappa shape index (κ2) is 7.45. The van der Waals surface area contributed by atoms with E-state index in [4.69, 9.17) is 4.74 Å². The second-order valence-electron chi connectivity index (χ2n) is 5.28. The first-order valence-corrected chi connectivity index (χ1v) is 6.67. The molecular weight excluding hydrogens is 248 g/mol. The first kappa shape index (κ1) is 15.9. The topological polar surface area (TPSA) is 78.9 Å². The van der Waals surface area contributed by atoms with E-state index in [1.165, 1.54) is 0 Å². The number of carbonyl (C=O) groups is 2. The van der Waals surface area contributed by atoms with Gasteiger partial charge < -0.3 is 20.1 Å². The van der Waals surface area contributed by atoms with E-state index in [1.54, 1.807) is 12.0 Å². The molecule has 6 nitrogen and oxygen atoms in total. The summed E-state index contributed by atoms with van der Waals surface area (Å²) >= 11 is 0. The zero-order chi connectivity index (χ0) is 14.4. The van der Waals surface area contributed by atoms with Gasteiger partial charge in [0.05, 0.1) is 25.2 Å². The number of nitrogens with zero attached hydrogens (tertiary/aromatic N) is 1. The standard InChI is InChI=1S/C13H24N2O4/c1-9(2)11(8-16)14-13(18)10-6-12(17)15(7-10)4-5-19-3/h9-11,16H,4-8H2,1-3H3,(H,14,18)/t10?,11-/m1/s1. The summed E-state index contributed by atoms with van der Waals surface area (Å²) in [4.78, 5) is 25.4. The first-order chi connectivity index (χ1) is 8.99. The molecule has 0 aromatic rings. The van der Waals surface area contributed by atoms with Gasteiger partial charge in [-0.2, -0.15) is 0 Å². The van der Waals surface area contributed by atoms with Crippen molar-refractivity contribution >= 4 is 11.8 Å². The smallest absolute Gasteiger partial charge is 0.225 e. The molecule has 0 aliphatic carbocycles. The van der Waals surface area contributed by atoms with Gasteiger partial charge in [0.15, 0.2) is 0 Å². The van der Waals surface area contributed by atoms with Gasteiger partial charge in [0.1, 0.15) is 0 Å². The molecule has 1 aliphatic rings. The van der Waals surface area contributed by atoms with Crippen LogP contribution in [0, 0.1) is 11.8 Å². The van der Waals surface area contributed by atoms with E-state index < -0.39 is 0 Å². The lowest BCUT2D eigenvalue weighted by atomic mass is 10.0. The summed E-state index contributed by atoms with van der Waals surface area (Å²) < 4.78 is 4.93. The van der Waals surface area contributed by atoms with Crippen LogP contribution in [-0.4, -0.2) is 61.3 Å². The Hall–Kier alpha value is -1.14. The van der Waals surface area contributed by atoms with E-state index in [2.05, 4.69) is 5.32 Å². The maximum absolute atomic E-state index is 12.1. The Labute approximate surface area is 114 Å². The van der Waals surface area contributed by atoms with Crippen LogP contribution in [0.5, 0.6) is 0 Å². The van der Waals surface area contributed by atoms with Crippen LogP contribution in [0.3, 0.4) is 0 Å². The number of rotatable bonds is 7. The molecule has 0 aromatic carbocycles. The zero-order valence-corrected chi connectivity index (χ0v) is 11.9. The third-order valence-electron chi connectivity index (χ3n) is 3.48. The minimum absolute atomic E-state index is 0.0118. The molecule has 2 amide bonds. The molecule has 1 rings (SSSR count). The Morgan fingerprint density at radius 2 is 2.26 bits per heavy atom. The normalized spacial score (nSPS) is 21.0. The average molecular weight is 272 g/mol. The van der Waals surface area contributed by atoms with Crippen molar-refractivity contribution in [1.82, 2.24) is 10.2 Å². The van der Waals surface area contributed by atoms with Crippen molar-refractivity contribution in [2.75, 3.05) is 33.4 Å². The molecule has 6 heteroatoms. The lowest BCUT2D eigenvalue weighted by molar-refractivity contribution is -0.129. The van der Waals surface area contributed by atoms with Crippen molar-refractivity contribution in [2.24, 2.45) is 11.8 Å². The predicted molar refractivity (Wildman–Crippen MR) is 70.4 cm³/mol. The van der Waals surface area contributed by atoms with Crippen LogP contribution < -0.4 is 5.32 Å². The highest BCUT2D eigenvalue weighted by atomic mass is 16.5. The van der Waals surface area contributed by atoms with Gasteiger partial charge in [0, 0.05) is 26.6 Å². The van der Waals surface area contributed by atoms with Crippen LogP contribution >= 0.6 is 0 Å². The Morgan fingerprint density at radius 1 is 1.58 bits per heavy atom. The fraction of sp³-hybridized carbons (Fsp3) is 0.846. The fourth-order valence-electron chi connectivity index (χ4n) is 2.09. The highest BCUT2D eigenvalue weighted by Gasteiger charge is 2.34. The summed E-state index contributed by atoms with van der Waals surface area (Å²) in [6.45, 7) is 5.22. The highest BCUT2D eigenvalue weighted by molar-refractivity contribution is 5.89. The van der Waals surface area contributed by atoms with Crippen molar-refractivity contribution in [1.29, 1.82) is 0 Å². The maximum Gasteiger partial charge on any atom is 0.225 e. The van der Waals surface area contributed by atoms with Crippen molar-refractivity contribution in [3.63, 3.8) is 0 Å². The number of aliphatic hydroxyl groups is 1. The van der Waals surface area contributed by atoms with E-state index in [0.29, 0.717) is 19.7 Å². The second-order valence-corrected chi connectivity index (χ2v) is 5.28. The number of ether oxygens (including phenoxy) is 1. The Kier molecular flexibility index (Phi) is 6.24. The molecule has 0 radical (unpaired) electrons. The molecule has 1 unspecified atom stereocenters. The van der Waals surface area contributed by atoms with Gasteiger partial charge in [0.2, 0.25) is 11.8 Å². The number of amides is 2. The Balaban J connectivity index is 2.48. The first-order valence-electron chi connectivity index (χ1n) is 6.67. The third-order valence-corrected chi connectivity index (χ3v) is 3.48. The van der Waals surface area contributed by atoms with Crippen molar-refractivity contribution in [3.8, 4) is 0 Å². The number of hydrogen-bond acceptors (Lipinski definition) is 4. The number of hydrogen-bond donors (Lipinski definition) is 2. The Bertz CT molecular complexity index is 320. The molecular formula is C13H24N2O4. The minimum Gasteiger partial charge on any atom is -0.394 e. The minimum atomic E-state index is -0.322. The molecule has 1 heterocycles. The lowest BCUT2D eigenvalue weighted by Crippen LogP contribution is -2.44. The Morgan fingerprint density at radius 3 is 2.79 bits per heavy atom. The molecule has 110 valence electrons. The molecule has 1 aliphatic heterocycles. The van der Waals surface area contributed by atoms with Gasteiger partial charge in [-0.25, -0.2) is 0 Å². The van der Waals surface area contributed by atoms with Crippen LogP contribution in [0.25, 0.3) is 0 Å². The molecule has 0 saturated carbocycles. The van der Waals surface area contributed by atoms with Gasteiger partial charge in [-0.1, -0.05) is 13.8 Å². The summed E-state index contributed by atoms with van der Waals surface area (Å²) in [5.41, 5.74) is 0. The molecule has 1 fully saturated rings. The van der Waals surface area contributed by atoms with Crippen molar-refractivity contribution in [3.05, 3.63) is 0 Å². The summed E-state index contributed by atoms with van der Waals surface area (Å²) in [7, 11) is 1.58. The van der Waals surface area contributed by atoms with Crippen LogP contribution in [-0.2, 0) is 14.3 Å². The van der Waals surface area contributed by atoms with E-state index in [1.807, 2.05) is 13.8 Å². The molecule has 1 saturated heterocycles. The average Bonchev–Trinajstić information content (AvgIpc) is 2.74. The SMILES string of the molecule is COCCN1CC(C(=O)N[C@H](CO)C(C)C)CC1=O. The van der Waals surface area contributed by atoms with E-state index >= 15 is 0 Å². The maximum atomic E-state index is 12.1. The predicted octanol–water partition coefficient (Wildman–Crippen LogP) is -0.386. The highest BCUT2D eigenvalue weighted by Crippen LogP contribution is 2.18. The zero-order valence-electron chi connectivity index (χ0n) is 11.9. The monoisotopic (exact) mass is 272 g/mol. The van der Waals surface area contributed by atoms with Gasteiger partial charge in [-0.05, 0) is 5.92 Å². The lowest BCUT2D eigenvalue weighted by Gasteiger charge is -2.22. The van der Waals surface area contributed by atoms with Crippen LogP contribution in [0.15, 0.2) is 0 Å². The summed E-state index contributed by atoms with van der Waals surface area (Å²) in [6.07, 6.45) is 0.242. The van der Waals surface area contributed by atoms with Gasteiger partial charge in [-0.3, -0.25) is 9.59 Å². The van der Waals surface area contributed by atoms with Crippen LogP contribution in [0.2, 0.25) is 0 Å². The quantitative estimate of drug-likeness (QED) is 0.662. The number of methoxy groups -OCH3 is 1.